The summed E-state index contributed by atoms with van der Waals surface area (Å²) in [5.41, 5.74) is 6.63. The smallest absolute Gasteiger partial charge is 0.162 e. The zero-order valence-corrected chi connectivity index (χ0v) is 10.4. The van der Waals surface area contributed by atoms with Crippen LogP contribution in [-0.2, 0) is 6.42 Å². The first kappa shape index (κ1) is 13.4. The molecule has 0 radical (unpaired) electrons. The number of nitrogens with two attached hydrogens (primary N) is 1. The van der Waals surface area contributed by atoms with Crippen LogP contribution < -0.4 is 10.5 Å². The zero-order valence-electron chi connectivity index (χ0n) is 10.4. The van der Waals surface area contributed by atoms with Gasteiger partial charge in [-0.15, -0.1) is 0 Å². The van der Waals surface area contributed by atoms with Crippen molar-refractivity contribution in [1.82, 2.24) is 4.98 Å². The summed E-state index contributed by atoms with van der Waals surface area (Å²) >= 11 is 0. The molecule has 1 aromatic carbocycles. The van der Waals surface area contributed by atoms with E-state index in [2.05, 4.69) is 4.98 Å². The monoisotopic (exact) mass is 264 g/mol. The highest BCUT2D eigenvalue weighted by Crippen LogP contribution is 2.23. The van der Waals surface area contributed by atoms with Crippen molar-refractivity contribution in [3.8, 4) is 11.5 Å². The number of ether oxygens (including phenoxy) is 1. The minimum absolute atomic E-state index is 0.0142. The second-order valence-corrected chi connectivity index (χ2v) is 4.39. The third-order valence-electron chi connectivity index (χ3n) is 2.45. The number of hydrogen-bond acceptors (Lipinski definition) is 3. The minimum atomic E-state index is -0.947. The Kier molecular flexibility index (Phi) is 4.06. The van der Waals surface area contributed by atoms with Crippen LogP contribution in [0, 0.1) is 11.6 Å². The summed E-state index contributed by atoms with van der Waals surface area (Å²) in [6.45, 7) is 1.89. The fourth-order valence-electron chi connectivity index (χ4n) is 1.68. The van der Waals surface area contributed by atoms with Gasteiger partial charge in [-0.25, -0.2) is 8.78 Å². The molecule has 0 saturated heterocycles. The van der Waals surface area contributed by atoms with Gasteiger partial charge >= 0.3 is 0 Å². The van der Waals surface area contributed by atoms with Gasteiger partial charge in [0.25, 0.3) is 0 Å². The van der Waals surface area contributed by atoms with Crippen LogP contribution in [0.2, 0.25) is 0 Å². The Morgan fingerprint density at radius 3 is 2.63 bits per heavy atom. The van der Waals surface area contributed by atoms with E-state index in [4.69, 9.17) is 10.5 Å². The maximum absolute atomic E-state index is 13.0. The lowest BCUT2D eigenvalue weighted by Crippen LogP contribution is -2.17. The number of aromatic nitrogens is 1. The van der Waals surface area contributed by atoms with Crippen molar-refractivity contribution in [1.29, 1.82) is 0 Å². The predicted molar refractivity (Wildman–Crippen MR) is 68.0 cm³/mol. The van der Waals surface area contributed by atoms with E-state index in [0.29, 0.717) is 12.2 Å². The van der Waals surface area contributed by atoms with Gasteiger partial charge in [0.15, 0.2) is 11.6 Å². The van der Waals surface area contributed by atoms with Crippen LogP contribution in [0.3, 0.4) is 0 Å². The second-order valence-electron chi connectivity index (χ2n) is 4.39. The fraction of sp³-hybridized carbons (Fsp3) is 0.214. The van der Waals surface area contributed by atoms with Gasteiger partial charge in [-0.3, -0.25) is 4.98 Å². The molecule has 0 bridgehead atoms. The number of pyridine rings is 1. The average Bonchev–Trinajstić information content (AvgIpc) is 2.33. The molecule has 2 N–H and O–H groups in total. The SMILES string of the molecule is CC(N)Cc1cncc(Oc2ccc(F)c(F)c2)c1. The molecule has 0 saturated carbocycles. The molecule has 1 heterocycles. The lowest BCUT2D eigenvalue weighted by atomic mass is 10.1. The largest absolute Gasteiger partial charge is 0.456 e. The standard InChI is InChI=1S/C14H14F2N2O/c1-9(17)4-10-5-12(8-18-7-10)19-11-2-3-13(15)14(16)6-11/h2-3,5-9H,4,17H2,1H3. The van der Waals surface area contributed by atoms with E-state index in [9.17, 15) is 8.78 Å². The molecule has 2 aromatic rings. The molecule has 1 unspecified atom stereocenters. The summed E-state index contributed by atoms with van der Waals surface area (Å²) in [5, 5.41) is 0. The molecule has 0 aliphatic carbocycles. The molecule has 2 rings (SSSR count). The highest BCUT2D eigenvalue weighted by atomic mass is 19.2. The molecule has 0 amide bonds. The molecule has 1 aromatic heterocycles. The fourth-order valence-corrected chi connectivity index (χ4v) is 1.68. The van der Waals surface area contributed by atoms with E-state index in [1.807, 2.05) is 6.92 Å². The van der Waals surface area contributed by atoms with Crippen molar-refractivity contribution < 1.29 is 13.5 Å². The topological polar surface area (TPSA) is 48.1 Å². The van der Waals surface area contributed by atoms with Crippen LogP contribution in [0.15, 0.2) is 36.7 Å². The van der Waals surface area contributed by atoms with Gasteiger partial charge in [-0.2, -0.15) is 0 Å². The van der Waals surface area contributed by atoms with Gasteiger partial charge in [0.2, 0.25) is 0 Å². The number of benzene rings is 1. The van der Waals surface area contributed by atoms with Crippen LogP contribution in [0.1, 0.15) is 12.5 Å². The molecule has 0 aliphatic rings. The van der Waals surface area contributed by atoms with Crippen molar-refractivity contribution in [2.24, 2.45) is 5.73 Å². The van der Waals surface area contributed by atoms with Gasteiger partial charge in [0, 0.05) is 18.3 Å². The molecule has 0 spiro atoms. The first-order valence-corrected chi connectivity index (χ1v) is 5.87. The third kappa shape index (κ3) is 3.72. The Bertz CT molecular complexity index is 573. The van der Waals surface area contributed by atoms with E-state index in [0.717, 1.165) is 17.7 Å². The first-order valence-electron chi connectivity index (χ1n) is 5.87. The molecule has 3 nitrogen and oxygen atoms in total. The maximum atomic E-state index is 13.0. The summed E-state index contributed by atoms with van der Waals surface area (Å²) in [4.78, 5) is 4.03. The molecule has 100 valence electrons. The number of rotatable bonds is 4. The van der Waals surface area contributed by atoms with Gasteiger partial charge < -0.3 is 10.5 Å². The molecular weight excluding hydrogens is 250 g/mol. The molecule has 5 heteroatoms. The number of hydrogen-bond donors (Lipinski definition) is 1. The van der Waals surface area contributed by atoms with Crippen LogP contribution in [0.25, 0.3) is 0 Å². The Balaban J connectivity index is 2.16. The van der Waals surface area contributed by atoms with Crippen molar-refractivity contribution >= 4 is 0 Å². The van der Waals surface area contributed by atoms with Gasteiger partial charge in [0.1, 0.15) is 11.5 Å². The summed E-state index contributed by atoms with van der Waals surface area (Å²) in [6, 6.07) is 5.16. The molecule has 0 fully saturated rings. The lowest BCUT2D eigenvalue weighted by Gasteiger charge is -2.08. The molecular formula is C14H14F2N2O. The Hall–Kier alpha value is -2.01. The van der Waals surface area contributed by atoms with Gasteiger partial charge in [-0.05, 0) is 37.1 Å². The number of halogens is 2. The normalized spacial score (nSPS) is 12.2. The van der Waals surface area contributed by atoms with Crippen molar-refractivity contribution in [2.45, 2.75) is 19.4 Å². The zero-order chi connectivity index (χ0) is 13.8. The Morgan fingerprint density at radius 1 is 1.16 bits per heavy atom. The molecule has 0 aliphatic heterocycles. The van der Waals surface area contributed by atoms with Crippen molar-refractivity contribution in [2.75, 3.05) is 0 Å². The van der Waals surface area contributed by atoms with Crippen molar-refractivity contribution in [3.63, 3.8) is 0 Å². The van der Waals surface area contributed by atoms with Gasteiger partial charge in [-0.1, -0.05) is 0 Å². The van der Waals surface area contributed by atoms with Crippen LogP contribution in [-0.4, -0.2) is 11.0 Å². The number of nitrogens with zero attached hydrogens (tertiary/aromatic N) is 1. The lowest BCUT2D eigenvalue weighted by molar-refractivity contribution is 0.459. The highest BCUT2D eigenvalue weighted by molar-refractivity contribution is 5.32. The van der Waals surface area contributed by atoms with E-state index < -0.39 is 11.6 Å². The summed E-state index contributed by atoms with van der Waals surface area (Å²) in [6.07, 6.45) is 3.87. The Labute approximate surface area is 110 Å². The van der Waals surface area contributed by atoms with E-state index in [1.165, 1.54) is 12.3 Å². The van der Waals surface area contributed by atoms with Crippen LogP contribution >= 0.6 is 0 Å². The summed E-state index contributed by atoms with van der Waals surface area (Å²) in [7, 11) is 0. The quantitative estimate of drug-likeness (QED) is 0.923. The van der Waals surface area contributed by atoms with Crippen molar-refractivity contribution in [3.05, 3.63) is 53.9 Å². The first-order chi connectivity index (χ1) is 9.04. The molecule has 19 heavy (non-hydrogen) atoms. The third-order valence-corrected chi connectivity index (χ3v) is 2.45. The van der Waals surface area contributed by atoms with Crippen LogP contribution in [0.4, 0.5) is 8.78 Å². The van der Waals surface area contributed by atoms with Crippen LogP contribution in [0.5, 0.6) is 11.5 Å². The second kappa shape index (κ2) is 5.75. The average molecular weight is 264 g/mol. The summed E-state index contributed by atoms with van der Waals surface area (Å²) in [5.74, 6) is -1.17. The highest BCUT2D eigenvalue weighted by Gasteiger charge is 2.06. The maximum Gasteiger partial charge on any atom is 0.162 e. The van der Waals surface area contributed by atoms with E-state index >= 15 is 0 Å². The molecule has 1 atom stereocenters. The predicted octanol–water partition coefficient (Wildman–Crippen LogP) is 3.04. The van der Waals surface area contributed by atoms with Gasteiger partial charge in [0.05, 0.1) is 6.20 Å². The summed E-state index contributed by atoms with van der Waals surface area (Å²) < 4.78 is 31.3. The van der Waals surface area contributed by atoms with E-state index in [-0.39, 0.29) is 11.8 Å². The van der Waals surface area contributed by atoms with E-state index in [1.54, 1.807) is 12.3 Å². The Morgan fingerprint density at radius 2 is 1.95 bits per heavy atom. The minimum Gasteiger partial charge on any atom is -0.456 e.